The first-order valence-corrected chi connectivity index (χ1v) is 6.85. The highest BCUT2D eigenvalue weighted by atomic mass is 16.2. The molecule has 2 N–H and O–H groups in total. The Morgan fingerprint density at radius 2 is 2.00 bits per heavy atom. The highest BCUT2D eigenvalue weighted by Crippen LogP contribution is 2.30. The summed E-state index contributed by atoms with van der Waals surface area (Å²) < 4.78 is 0. The number of carbonyl (C=O) groups excluding carboxylic acids is 2. The van der Waals surface area contributed by atoms with Crippen molar-refractivity contribution in [2.24, 2.45) is 11.7 Å². The van der Waals surface area contributed by atoms with Crippen LogP contribution in [0.15, 0.2) is 24.3 Å². The SMILES string of the molecule is NC(=O)[C@@H]1CC[C@@H]2CCc3ccccc3C(=O)N2C1. The van der Waals surface area contributed by atoms with Gasteiger partial charge in [0.2, 0.25) is 5.91 Å². The molecule has 0 bridgehead atoms. The molecule has 2 aliphatic heterocycles. The minimum Gasteiger partial charge on any atom is -0.369 e. The monoisotopic (exact) mass is 258 g/mol. The molecule has 1 aromatic carbocycles. The van der Waals surface area contributed by atoms with Crippen LogP contribution in [0.5, 0.6) is 0 Å². The average Bonchev–Trinajstić information content (AvgIpc) is 2.57. The van der Waals surface area contributed by atoms with E-state index in [1.54, 1.807) is 0 Å². The van der Waals surface area contributed by atoms with Crippen LogP contribution in [0.3, 0.4) is 0 Å². The summed E-state index contributed by atoms with van der Waals surface area (Å²) in [7, 11) is 0. The number of piperidine rings is 1. The number of nitrogens with two attached hydrogens (primary N) is 1. The second-order valence-corrected chi connectivity index (χ2v) is 5.48. The number of fused-ring (bicyclic) bond motifs is 2. The Hall–Kier alpha value is -1.84. The van der Waals surface area contributed by atoms with Crippen LogP contribution in [-0.4, -0.2) is 29.3 Å². The summed E-state index contributed by atoms with van der Waals surface area (Å²) in [6.45, 7) is 0.479. The molecule has 1 aromatic rings. The summed E-state index contributed by atoms with van der Waals surface area (Å²) in [5, 5.41) is 0. The van der Waals surface area contributed by atoms with Gasteiger partial charge in [-0.15, -0.1) is 0 Å². The van der Waals surface area contributed by atoms with E-state index in [9.17, 15) is 9.59 Å². The smallest absolute Gasteiger partial charge is 0.254 e. The lowest BCUT2D eigenvalue weighted by molar-refractivity contribution is -0.123. The first kappa shape index (κ1) is 12.2. The first-order valence-electron chi connectivity index (χ1n) is 6.85. The van der Waals surface area contributed by atoms with E-state index in [-0.39, 0.29) is 23.8 Å². The first-order chi connectivity index (χ1) is 9.16. The third kappa shape index (κ3) is 2.11. The summed E-state index contributed by atoms with van der Waals surface area (Å²) in [6, 6.07) is 8.04. The van der Waals surface area contributed by atoms with Crippen molar-refractivity contribution >= 4 is 11.8 Å². The predicted molar refractivity (Wildman–Crippen MR) is 71.5 cm³/mol. The second kappa shape index (κ2) is 4.68. The van der Waals surface area contributed by atoms with E-state index in [4.69, 9.17) is 5.73 Å². The van der Waals surface area contributed by atoms with Crippen LogP contribution in [0.2, 0.25) is 0 Å². The van der Waals surface area contributed by atoms with E-state index in [2.05, 4.69) is 0 Å². The van der Waals surface area contributed by atoms with Crippen LogP contribution in [0, 0.1) is 5.92 Å². The zero-order valence-electron chi connectivity index (χ0n) is 10.8. The van der Waals surface area contributed by atoms with Crippen molar-refractivity contribution in [2.45, 2.75) is 31.7 Å². The van der Waals surface area contributed by atoms with Gasteiger partial charge in [-0.25, -0.2) is 0 Å². The number of hydrogen-bond donors (Lipinski definition) is 1. The standard InChI is InChI=1S/C15H18N2O2/c16-14(18)11-6-8-12-7-5-10-3-1-2-4-13(10)15(19)17(12)9-11/h1-4,11-12H,5-9H2,(H2,16,18)/t11-,12+/m1/s1. The fraction of sp³-hybridized carbons (Fsp3) is 0.467. The van der Waals surface area contributed by atoms with Gasteiger partial charge in [-0.05, 0) is 37.3 Å². The molecule has 2 amide bonds. The number of benzene rings is 1. The molecule has 19 heavy (non-hydrogen) atoms. The predicted octanol–water partition coefficient (Wildman–Crippen LogP) is 1.34. The summed E-state index contributed by atoms with van der Waals surface area (Å²) >= 11 is 0. The maximum absolute atomic E-state index is 12.6. The van der Waals surface area contributed by atoms with E-state index in [1.807, 2.05) is 29.2 Å². The second-order valence-electron chi connectivity index (χ2n) is 5.48. The summed E-state index contributed by atoms with van der Waals surface area (Å²) in [5.41, 5.74) is 7.30. The van der Waals surface area contributed by atoms with Crippen LogP contribution in [0.1, 0.15) is 35.2 Å². The van der Waals surface area contributed by atoms with E-state index in [0.29, 0.717) is 6.54 Å². The number of rotatable bonds is 1. The molecule has 2 heterocycles. The topological polar surface area (TPSA) is 63.4 Å². The maximum Gasteiger partial charge on any atom is 0.254 e. The van der Waals surface area contributed by atoms with Crippen molar-refractivity contribution in [2.75, 3.05) is 6.54 Å². The zero-order valence-corrected chi connectivity index (χ0v) is 10.8. The maximum atomic E-state index is 12.6. The third-order valence-corrected chi connectivity index (χ3v) is 4.36. The van der Waals surface area contributed by atoms with Crippen molar-refractivity contribution in [1.82, 2.24) is 4.90 Å². The van der Waals surface area contributed by atoms with Gasteiger partial charge in [-0.2, -0.15) is 0 Å². The quantitative estimate of drug-likeness (QED) is 0.826. The molecule has 2 atom stereocenters. The normalized spacial score (nSPS) is 26.3. The lowest BCUT2D eigenvalue weighted by atomic mass is 9.90. The highest BCUT2D eigenvalue weighted by molar-refractivity contribution is 5.96. The Morgan fingerprint density at radius 3 is 2.79 bits per heavy atom. The number of primary amides is 1. The van der Waals surface area contributed by atoms with Crippen LogP contribution < -0.4 is 5.73 Å². The molecule has 0 aromatic heterocycles. The van der Waals surface area contributed by atoms with E-state index in [1.165, 1.54) is 0 Å². The molecule has 0 saturated carbocycles. The third-order valence-electron chi connectivity index (χ3n) is 4.36. The molecule has 4 heteroatoms. The number of aryl methyl sites for hydroxylation is 1. The van der Waals surface area contributed by atoms with Crippen LogP contribution in [0.25, 0.3) is 0 Å². The molecule has 0 unspecified atom stereocenters. The van der Waals surface area contributed by atoms with Crippen molar-refractivity contribution in [3.63, 3.8) is 0 Å². The van der Waals surface area contributed by atoms with Gasteiger partial charge in [0.25, 0.3) is 5.91 Å². The van der Waals surface area contributed by atoms with Gasteiger partial charge in [0, 0.05) is 18.2 Å². The molecule has 100 valence electrons. The molecule has 2 aliphatic rings. The number of amides is 2. The minimum atomic E-state index is -0.288. The fourth-order valence-corrected chi connectivity index (χ4v) is 3.23. The van der Waals surface area contributed by atoms with Crippen molar-refractivity contribution in [1.29, 1.82) is 0 Å². The summed E-state index contributed by atoms with van der Waals surface area (Å²) in [5.74, 6) is -0.418. The van der Waals surface area contributed by atoms with Gasteiger partial charge in [-0.1, -0.05) is 18.2 Å². The Labute approximate surface area is 112 Å². The lowest BCUT2D eigenvalue weighted by Crippen LogP contribution is -2.49. The average molecular weight is 258 g/mol. The van der Waals surface area contributed by atoms with Gasteiger partial charge in [0.15, 0.2) is 0 Å². The Morgan fingerprint density at radius 1 is 1.21 bits per heavy atom. The van der Waals surface area contributed by atoms with Gasteiger partial charge in [0.05, 0.1) is 5.92 Å². The Kier molecular flexibility index (Phi) is 3.01. The fourth-order valence-electron chi connectivity index (χ4n) is 3.23. The molecule has 3 rings (SSSR count). The van der Waals surface area contributed by atoms with Crippen molar-refractivity contribution < 1.29 is 9.59 Å². The van der Waals surface area contributed by atoms with Crippen LogP contribution in [-0.2, 0) is 11.2 Å². The molecule has 0 radical (unpaired) electrons. The summed E-state index contributed by atoms with van der Waals surface area (Å²) in [4.78, 5) is 25.8. The van der Waals surface area contributed by atoms with E-state index < -0.39 is 0 Å². The van der Waals surface area contributed by atoms with Crippen LogP contribution >= 0.6 is 0 Å². The van der Waals surface area contributed by atoms with Gasteiger partial charge >= 0.3 is 0 Å². The van der Waals surface area contributed by atoms with Gasteiger partial charge < -0.3 is 10.6 Å². The van der Waals surface area contributed by atoms with E-state index in [0.717, 1.165) is 36.8 Å². The molecule has 1 saturated heterocycles. The number of carbonyl (C=O) groups is 2. The van der Waals surface area contributed by atoms with Gasteiger partial charge in [0.1, 0.15) is 0 Å². The molecule has 1 fully saturated rings. The molecular formula is C15H18N2O2. The van der Waals surface area contributed by atoms with E-state index >= 15 is 0 Å². The number of nitrogens with zero attached hydrogens (tertiary/aromatic N) is 1. The molecular weight excluding hydrogens is 240 g/mol. The molecule has 0 spiro atoms. The molecule has 0 aliphatic carbocycles. The summed E-state index contributed by atoms with van der Waals surface area (Å²) in [6.07, 6.45) is 3.60. The number of hydrogen-bond acceptors (Lipinski definition) is 2. The Balaban J connectivity index is 1.92. The van der Waals surface area contributed by atoms with Crippen molar-refractivity contribution in [3.05, 3.63) is 35.4 Å². The van der Waals surface area contributed by atoms with Crippen LogP contribution in [0.4, 0.5) is 0 Å². The Bertz CT molecular complexity index is 527. The zero-order chi connectivity index (χ0) is 13.4. The van der Waals surface area contributed by atoms with Gasteiger partial charge in [-0.3, -0.25) is 9.59 Å². The van der Waals surface area contributed by atoms with Crippen molar-refractivity contribution in [3.8, 4) is 0 Å². The minimum absolute atomic E-state index is 0.0593. The molecule has 4 nitrogen and oxygen atoms in total. The lowest BCUT2D eigenvalue weighted by Gasteiger charge is -2.37. The highest BCUT2D eigenvalue weighted by Gasteiger charge is 2.36. The largest absolute Gasteiger partial charge is 0.369 e.